The Balaban J connectivity index is 1.02. The van der Waals surface area contributed by atoms with Crippen molar-refractivity contribution >= 4 is 82.3 Å². The fraction of sp³-hybridized carbons (Fsp3) is 0.0800. The summed E-state index contributed by atoms with van der Waals surface area (Å²) in [5.41, 5.74) is 12.6. The average molecular weight is 651 g/mol. The van der Waals surface area contributed by atoms with Crippen molar-refractivity contribution in [3.05, 3.63) is 174 Å². The van der Waals surface area contributed by atoms with Crippen LogP contribution < -0.4 is 0 Å². The summed E-state index contributed by atoms with van der Waals surface area (Å²) >= 11 is 0. The summed E-state index contributed by atoms with van der Waals surface area (Å²) in [7, 11) is 0. The van der Waals surface area contributed by atoms with Crippen LogP contribution in [0.25, 0.3) is 93.4 Å². The summed E-state index contributed by atoms with van der Waals surface area (Å²) in [5, 5.41) is 13.3. The maximum Gasteiger partial charge on any atom is 0.136 e. The molecule has 0 atom stereocenters. The zero-order valence-corrected chi connectivity index (χ0v) is 28.2. The van der Waals surface area contributed by atoms with E-state index in [1.807, 2.05) is 12.1 Å². The van der Waals surface area contributed by atoms with Crippen LogP contribution in [0.2, 0.25) is 0 Å². The fourth-order valence-corrected chi connectivity index (χ4v) is 9.02. The number of fused-ring (bicyclic) bond motifs is 14. The van der Waals surface area contributed by atoms with Gasteiger partial charge in [0.25, 0.3) is 0 Å². The number of benzene rings is 8. The number of aryl methyl sites for hydroxylation is 1. The van der Waals surface area contributed by atoms with Gasteiger partial charge in [-0.25, -0.2) is 0 Å². The molecule has 0 saturated carbocycles. The highest BCUT2D eigenvalue weighted by Gasteiger charge is 2.21. The molecule has 11 rings (SSSR count). The molecule has 1 aromatic heterocycles. The number of furan rings is 1. The minimum atomic E-state index is 0.935. The summed E-state index contributed by atoms with van der Waals surface area (Å²) in [5.74, 6) is 0. The zero-order valence-electron chi connectivity index (χ0n) is 28.2. The standard InChI is InChI=1S/C50H34O/c1-4-16-43-37(12-1)38-13-2-6-18-45(38)50-46-29-35(24-26-40(46)39-14-3-5-17-44(39)49(43)50)32-22-20-31(21-23-32)33-10-9-11-34(28-33)36-25-27-42-41-15-7-8-19-47(41)51-48(42)30-36/h1-2,4-13,15-20,22,24-30H,3,14,21,23H2. The molecule has 2 aliphatic rings. The van der Waals surface area contributed by atoms with Crippen molar-refractivity contribution in [3.63, 3.8) is 0 Å². The van der Waals surface area contributed by atoms with E-state index in [1.54, 1.807) is 0 Å². The van der Waals surface area contributed by atoms with E-state index in [9.17, 15) is 0 Å². The monoisotopic (exact) mass is 650 g/mol. The molecule has 0 N–H and O–H groups in total. The summed E-state index contributed by atoms with van der Waals surface area (Å²) in [6, 6.07) is 49.1. The molecule has 1 heterocycles. The van der Waals surface area contributed by atoms with Crippen LogP contribution in [0.1, 0.15) is 41.5 Å². The summed E-state index contributed by atoms with van der Waals surface area (Å²) in [6.45, 7) is 0. The first kappa shape index (κ1) is 28.6. The quantitative estimate of drug-likeness (QED) is 0.173. The Morgan fingerprint density at radius 2 is 1.00 bits per heavy atom. The van der Waals surface area contributed by atoms with Crippen molar-refractivity contribution in [1.82, 2.24) is 0 Å². The van der Waals surface area contributed by atoms with Gasteiger partial charge >= 0.3 is 0 Å². The largest absolute Gasteiger partial charge is 0.456 e. The van der Waals surface area contributed by atoms with Gasteiger partial charge in [0, 0.05) is 10.8 Å². The molecule has 1 nitrogen and oxygen atoms in total. The van der Waals surface area contributed by atoms with Gasteiger partial charge in [0.2, 0.25) is 0 Å². The smallest absolute Gasteiger partial charge is 0.136 e. The minimum Gasteiger partial charge on any atom is -0.456 e. The number of para-hydroxylation sites is 1. The highest BCUT2D eigenvalue weighted by atomic mass is 16.3. The van der Waals surface area contributed by atoms with E-state index < -0.39 is 0 Å². The molecule has 51 heavy (non-hydrogen) atoms. The summed E-state index contributed by atoms with van der Waals surface area (Å²) < 4.78 is 6.21. The van der Waals surface area contributed by atoms with Crippen molar-refractivity contribution in [2.45, 2.75) is 25.7 Å². The lowest BCUT2D eigenvalue weighted by Gasteiger charge is -2.22. The number of allylic oxidation sites excluding steroid dienone is 5. The second kappa shape index (κ2) is 11.2. The van der Waals surface area contributed by atoms with Gasteiger partial charge in [-0.15, -0.1) is 0 Å². The molecule has 0 fully saturated rings. The van der Waals surface area contributed by atoms with Crippen LogP contribution in [0.5, 0.6) is 0 Å². The number of hydrogen-bond acceptors (Lipinski definition) is 1. The maximum atomic E-state index is 6.21. The fourth-order valence-electron chi connectivity index (χ4n) is 9.02. The SMILES string of the molecule is C1=Cc2c(c3ccc(C4=CC=C(c5cccc(-c6ccc7c(c6)oc6ccccc67)c5)CC4)cc3c3c4ccccc4c4ccccc4c23)CC1. The third-order valence-corrected chi connectivity index (χ3v) is 11.5. The van der Waals surface area contributed by atoms with Crippen LogP contribution in [0.3, 0.4) is 0 Å². The predicted molar refractivity (Wildman–Crippen MR) is 218 cm³/mol. The lowest BCUT2D eigenvalue weighted by Crippen LogP contribution is -2.00. The molecule has 0 amide bonds. The third-order valence-electron chi connectivity index (χ3n) is 11.5. The molecule has 240 valence electrons. The van der Waals surface area contributed by atoms with E-state index in [1.165, 1.54) is 93.0 Å². The van der Waals surface area contributed by atoms with Crippen LogP contribution in [-0.4, -0.2) is 0 Å². The Kier molecular flexibility index (Phi) is 6.27. The van der Waals surface area contributed by atoms with Crippen LogP contribution in [0, 0.1) is 0 Å². The van der Waals surface area contributed by atoms with Crippen LogP contribution in [-0.2, 0) is 6.42 Å². The highest BCUT2D eigenvalue weighted by molar-refractivity contribution is 6.33. The molecule has 0 bridgehead atoms. The maximum absolute atomic E-state index is 6.21. The molecular weight excluding hydrogens is 617 g/mol. The zero-order chi connectivity index (χ0) is 33.5. The summed E-state index contributed by atoms with van der Waals surface area (Å²) in [4.78, 5) is 0. The molecule has 0 unspecified atom stereocenters. The summed E-state index contributed by atoms with van der Waals surface area (Å²) in [6.07, 6.45) is 13.7. The molecule has 2 aliphatic carbocycles. The van der Waals surface area contributed by atoms with Gasteiger partial charge in [0.1, 0.15) is 11.2 Å². The Morgan fingerprint density at radius 1 is 0.392 bits per heavy atom. The van der Waals surface area contributed by atoms with Gasteiger partial charge in [-0.1, -0.05) is 127 Å². The van der Waals surface area contributed by atoms with Crippen LogP contribution in [0.15, 0.2) is 156 Å². The van der Waals surface area contributed by atoms with E-state index in [4.69, 9.17) is 4.42 Å². The van der Waals surface area contributed by atoms with Crippen molar-refractivity contribution in [2.24, 2.45) is 0 Å². The van der Waals surface area contributed by atoms with E-state index in [2.05, 4.69) is 146 Å². The molecule has 1 heteroatoms. The van der Waals surface area contributed by atoms with Gasteiger partial charge < -0.3 is 4.42 Å². The lowest BCUT2D eigenvalue weighted by atomic mass is 9.81. The van der Waals surface area contributed by atoms with Crippen LogP contribution >= 0.6 is 0 Å². The van der Waals surface area contributed by atoms with Crippen molar-refractivity contribution in [1.29, 1.82) is 0 Å². The van der Waals surface area contributed by atoms with E-state index in [-0.39, 0.29) is 0 Å². The first-order valence-corrected chi connectivity index (χ1v) is 18.2. The van der Waals surface area contributed by atoms with Crippen LogP contribution in [0.4, 0.5) is 0 Å². The van der Waals surface area contributed by atoms with Gasteiger partial charge in [0.15, 0.2) is 0 Å². The lowest BCUT2D eigenvalue weighted by molar-refractivity contribution is 0.669. The van der Waals surface area contributed by atoms with E-state index in [0.717, 1.165) is 42.2 Å². The topological polar surface area (TPSA) is 13.1 Å². The molecule has 9 aromatic rings. The Hall–Kier alpha value is -6.18. The predicted octanol–water partition coefficient (Wildman–Crippen LogP) is 14.1. The highest BCUT2D eigenvalue weighted by Crippen LogP contribution is 2.45. The Morgan fingerprint density at radius 3 is 1.78 bits per heavy atom. The molecule has 0 spiro atoms. The van der Waals surface area contributed by atoms with Crippen molar-refractivity contribution in [3.8, 4) is 11.1 Å². The van der Waals surface area contributed by atoms with Gasteiger partial charge in [-0.3, -0.25) is 0 Å². The Bertz CT molecular complexity index is 3020. The second-order valence-corrected chi connectivity index (χ2v) is 14.2. The molecule has 8 aromatic carbocycles. The Labute approximate surface area is 296 Å². The number of hydrogen-bond donors (Lipinski definition) is 0. The number of rotatable bonds is 3. The average Bonchev–Trinajstić information content (AvgIpc) is 3.58. The molecule has 0 saturated heterocycles. The van der Waals surface area contributed by atoms with Gasteiger partial charge in [-0.05, 0) is 144 Å². The molecule has 0 radical (unpaired) electrons. The van der Waals surface area contributed by atoms with Gasteiger partial charge in [-0.2, -0.15) is 0 Å². The van der Waals surface area contributed by atoms with E-state index >= 15 is 0 Å². The minimum absolute atomic E-state index is 0.935. The molecular formula is C50H34O. The normalized spacial score (nSPS) is 14.5. The van der Waals surface area contributed by atoms with Crippen molar-refractivity contribution in [2.75, 3.05) is 0 Å². The molecule has 0 aliphatic heterocycles. The third kappa shape index (κ3) is 4.41. The second-order valence-electron chi connectivity index (χ2n) is 14.2. The van der Waals surface area contributed by atoms with Gasteiger partial charge in [0.05, 0.1) is 0 Å². The first-order chi connectivity index (χ1) is 25.3. The van der Waals surface area contributed by atoms with E-state index in [0.29, 0.717) is 0 Å². The first-order valence-electron chi connectivity index (χ1n) is 18.2. The van der Waals surface area contributed by atoms with Crippen molar-refractivity contribution < 1.29 is 4.42 Å².